The molecule has 0 radical (unpaired) electrons. The number of rotatable bonds is 6. The zero-order valence-corrected chi connectivity index (χ0v) is 11.8. The number of H-pyrrole nitrogens is 1. The Morgan fingerprint density at radius 1 is 1.53 bits per heavy atom. The summed E-state index contributed by atoms with van der Waals surface area (Å²) < 4.78 is 0.429. The van der Waals surface area contributed by atoms with Crippen molar-refractivity contribution in [2.45, 2.75) is 26.7 Å². The van der Waals surface area contributed by atoms with Gasteiger partial charge in [-0.3, -0.25) is 4.79 Å². The van der Waals surface area contributed by atoms with Gasteiger partial charge in [0.2, 0.25) is 0 Å². The molecule has 1 aromatic heterocycles. The Bertz CT molecular complexity index is 406. The van der Waals surface area contributed by atoms with Crippen LogP contribution in [0.25, 0.3) is 0 Å². The van der Waals surface area contributed by atoms with Crippen LogP contribution in [0.2, 0.25) is 0 Å². The van der Waals surface area contributed by atoms with E-state index in [9.17, 15) is 4.79 Å². The molecule has 0 aliphatic carbocycles. The molecule has 0 bridgehead atoms. The summed E-state index contributed by atoms with van der Waals surface area (Å²) in [6, 6.07) is 0. The maximum absolute atomic E-state index is 11.4. The smallest absolute Gasteiger partial charge is 0.267 e. The third-order valence-electron chi connectivity index (χ3n) is 3.36. The Kier molecular flexibility index (Phi) is 5.14. The van der Waals surface area contributed by atoms with Gasteiger partial charge in [0.05, 0.1) is 6.33 Å². The predicted octanol–water partition coefficient (Wildman–Crippen LogP) is 1.71. The molecular weight excluding hydrogens is 284 g/mol. The second kappa shape index (κ2) is 6.16. The van der Waals surface area contributed by atoms with E-state index in [0.29, 0.717) is 23.4 Å². The van der Waals surface area contributed by atoms with Gasteiger partial charge in [-0.1, -0.05) is 13.8 Å². The van der Waals surface area contributed by atoms with Crippen molar-refractivity contribution in [3.8, 4) is 0 Å². The highest BCUT2D eigenvalue weighted by Crippen LogP contribution is 2.25. The molecule has 17 heavy (non-hydrogen) atoms. The molecule has 5 nitrogen and oxygen atoms in total. The Morgan fingerprint density at radius 3 is 2.71 bits per heavy atom. The second-order valence-electron chi connectivity index (χ2n) is 4.16. The Balaban J connectivity index is 2.79. The summed E-state index contributed by atoms with van der Waals surface area (Å²) in [6.07, 6.45) is 3.37. The number of halogens is 1. The highest BCUT2D eigenvalue weighted by molar-refractivity contribution is 9.10. The lowest BCUT2D eigenvalue weighted by atomic mass is 9.82. The molecule has 0 saturated carbocycles. The van der Waals surface area contributed by atoms with Gasteiger partial charge in [0.1, 0.15) is 10.3 Å². The molecule has 96 valence electrons. The first-order chi connectivity index (χ1) is 8.08. The third kappa shape index (κ3) is 3.29. The first kappa shape index (κ1) is 14.2. The van der Waals surface area contributed by atoms with E-state index in [0.717, 1.165) is 12.8 Å². The normalized spacial score (nSPS) is 11.5. The van der Waals surface area contributed by atoms with E-state index in [1.807, 2.05) is 0 Å². The quantitative estimate of drug-likeness (QED) is 0.747. The molecule has 0 saturated heterocycles. The Morgan fingerprint density at radius 2 is 2.18 bits per heavy atom. The second-order valence-corrected chi connectivity index (χ2v) is 4.95. The van der Waals surface area contributed by atoms with E-state index in [1.54, 1.807) is 0 Å². The fraction of sp³-hybridized carbons (Fsp3) is 0.636. The van der Waals surface area contributed by atoms with E-state index >= 15 is 0 Å². The minimum Gasteiger partial charge on any atom is -0.368 e. The van der Waals surface area contributed by atoms with Gasteiger partial charge >= 0.3 is 0 Å². The minimum atomic E-state index is -0.186. The molecule has 0 aliphatic rings. The van der Waals surface area contributed by atoms with Crippen LogP contribution in [0.3, 0.4) is 0 Å². The van der Waals surface area contributed by atoms with Crippen molar-refractivity contribution in [3.05, 3.63) is 21.2 Å². The van der Waals surface area contributed by atoms with Gasteiger partial charge in [-0.25, -0.2) is 4.98 Å². The van der Waals surface area contributed by atoms with Gasteiger partial charge in [-0.05, 0) is 40.7 Å². The molecule has 0 amide bonds. The largest absolute Gasteiger partial charge is 0.368 e. The van der Waals surface area contributed by atoms with Gasteiger partial charge in [0.25, 0.3) is 5.56 Å². The van der Waals surface area contributed by atoms with Gasteiger partial charge < -0.3 is 16.0 Å². The molecule has 0 unspecified atom stereocenters. The zero-order chi connectivity index (χ0) is 12.9. The van der Waals surface area contributed by atoms with Crippen LogP contribution in [0.4, 0.5) is 5.82 Å². The first-order valence-electron chi connectivity index (χ1n) is 5.75. The van der Waals surface area contributed by atoms with Crippen molar-refractivity contribution in [3.63, 3.8) is 0 Å². The minimum absolute atomic E-state index is 0.0592. The van der Waals surface area contributed by atoms with Gasteiger partial charge in [-0.15, -0.1) is 0 Å². The van der Waals surface area contributed by atoms with Crippen molar-refractivity contribution < 1.29 is 0 Å². The maximum atomic E-state index is 11.4. The lowest BCUT2D eigenvalue weighted by Crippen LogP contribution is -2.36. The lowest BCUT2D eigenvalue weighted by molar-refractivity contribution is 0.294. The first-order valence-corrected chi connectivity index (χ1v) is 6.55. The molecule has 1 heterocycles. The van der Waals surface area contributed by atoms with Crippen molar-refractivity contribution >= 4 is 21.7 Å². The number of nitrogens with zero attached hydrogens (tertiary/aromatic N) is 1. The fourth-order valence-electron chi connectivity index (χ4n) is 1.64. The standard InChI is InChI=1S/C11H19BrN4O/c1-3-11(4-2,5-13)6-14-9-8(12)10(17)16-7-15-9/h7H,3-6,13H2,1-2H3,(H2,14,15,16,17). The monoisotopic (exact) mass is 302 g/mol. The van der Waals surface area contributed by atoms with E-state index in [2.05, 4.69) is 45.1 Å². The number of hydrogen-bond donors (Lipinski definition) is 3. The summed E-state index contributed by atoms with van der Waals surface area (Å²) in [5.41, 5.74) is 5.69. The van der Waals surface area contributed by atoms with E-state index in [4.69, 9.17) is 5.73 Å². The van der Waals surface area contributed by atoms with E-state index in [1.165, 1.54) is 6.33 Å². The average Bonchev–Trinajstić information content (AvgIpc) is 2.36. The number of nitrogens with two attached hydrogens (primary N) is 1. The topological polar surface area (TPSA) is 83.8 Å². The zero-order valence-electron chi connectivity index (χ0n) is 10.2. The summed E-state index contributed by atoms with van der Waals surface area (Å²) in [5, 5.41) is 3.19. The van der Waals surface area contributed by atoms with Crippen molar-refractivity contribution in [1.82, 2.24) is 9.97 Å². The maximum Gasteiger partial charge on any atom is 0.267 e. The van der Waals surface area contributed by atoms with Crippen LogP contribution in [0.15, 0.2) is 15.6 Å². The summed E-state index contributed by atoms with van der Waals surface area (Å²) >= 11 is 3.21. The molecule has 1 rings (SSSR count). The van der Waals surface area contributed by atoms with Crippen molar-refractivity contribution in [2.24, 2.45) is 11.1 Å². The van der Waals surface area contributed by atoms with Crippen LogP contribution in [0.1, 0.15) is 26.7 Å². The van der Waals surface area contributed by atoms with Crippen molar-refractivity contribution in [1.29, 1.82) is 0 Å². The molecule has 6 heteroatoms. The molecule has 0 aromatic carbocycles. The fourth-order valence-corrected chi connectivity index (χ4v) is 2.00. The van der Waals surface area contributed by atoms with Gasteiger partial charge in [0, 0.05) is 6.54 Å². The summed E-state index contributed by atoms with van der Waals surface area (Å²) in [7, 11) is 0. The molecule has 0 atom stereocenters. The van der Waals surface area contributed by atoms with Crippen molar-refractivity contribution in [2.75, 3.05) is 18.4 Å². The highest BCUT2D eigenvalue weighted by atomic mass is 79.9. The average molecular weight is 303 g/mol. The predicted molar refractivity (Wildman–Crippen MR) is 73.1 cm³/mol. The number of nitrogens with one attached hydrogen (secondary N) is 2. The molecule has 4 N–H and O–H groups in total. The highest BCUT2D eigenvalue weighted by Gasteiger charge is 2.24. The molecule has 0 fully saturated rings. The summed E-state index contributed by atoms with van der Waals surface area (Å²) in [6.45, 7) is 5.58. The SMILES string of the molecule is CCC(CC)(CN)CNc1nc[nH]c(=O)c1Br. The molecule has 0 spiro atoms. The lowest BCUT2D eigenvalue weighted by Gasteiger charge is -2.30. The van der Waals surface area contributed by atoms with Gasteiger partial charge in [-0.2, -0.15) is 0 Å². The Hall–Kier alpha value is -0.880. The molecule has 0 aliphatic heterocycles. The molecular formula is C11H19BrN4O. The number of aromatic nitrogens is 2. The van der Waals surface area contributed by atoms with Crippen LogP contribution >= 0.6 is 15.9 Å². The van der Waals surface area contributed by atoms with E-state index < -0.39 is 0 Å². The van der Waals surface area contributed by atoms with Crippen LogP contribution in [0.5, 0.6) is 0 Å². The number of hydrogen-bond acceptors (Lipinski definition) is 4. The summed E-state index contributed by atoms with van der Waals surface area (Å²) in [5.74, 6) is 0.563. The Labute approximate surface area is 109 Å². The summed E-state index contributed by atoms with van der Waals surface area (Å²) in [4.78, 5) is 18.0. The third-order valence-corrected chi connectivity index (χ3v) is 4.10. The molecule has 1 aromatic rings. The van der Waals surface area contributed by atoms with Crippen LogP contribution in [-0.2, 0) is 0 Å². The van der Waals surface area contributed by atoms with Crippen LogP contribution in [-0.4, -0.2) is 23.1 Å². The van der Waals surface area contributed by atoms with Crippen LogP contribution in [0, 0.1) is 5.41 Å². The number of aromatic amines is 1. The van der Waals surface area contributed by atoms with E-state index in [-0.39, 0.29) is 11.0 Å². The van der Waals surface area contributed by atoms with Gasteiger partial charge in [0.15, 0.2) is 0 Å². The van der Waals surface area contributed by atoms with Crippen LogP contribution < -0.4 is 16.6 Å². The number of anilines is 1.